The van der Waals surface area contributed by atoms with Crippen molar-refractivity contribution in [2.45, 2.75) is 13.0 Å². The number of carbonyl (C=O) groups is 1. The van der Waals surface area contributed by atoms with Crippen LogP contribution in [0, 0.1) is 11.3 Å². The van der Waals surface area contributed by atoms with E-state index in [9.17, 15) is 15.2 Å². The second-order valence-electron chi connectivity index (χ2n) is 8.79. The van der Waals surface area contributed by atoms with E-state index in [1.807, 2.05) is 42.5 Å². The highest BCUT2D eigenvalue weighted by atomic mass is 32.1. The first kappa shape index (κ1) is 28.3. The fourth-order valence-corrected chi connectivity index (χ4v) is 4.83. The number of nitriles is 1. The highest BCUT2D eigenvalue weighted by Gasteiger charge is 2.16. The number of aliphatic hydroxyl groups is 2. The minimum Gasteiger partial charge on any atom is -0.394 e. The number of nitrogens with zero attached hydrogens (tertiary/aromatic N) is 2. The first-order chi connectivity index (χ1) is 17.8. The average molecular weight is 523 g/mol. The molecule has 4 N–H and O–H groups in total. The predicted octanol–water partition coefficient (Wildman–Crippen LogP) is 0.808. The van der Waals surface area contributed by atoms with E-state index in [-0.39, 0.29) is 12.1 Å². The first-order valence-corrected chi connectivity index (χ1v) is 13.0. The van der Waals surface area contributed by atoms with E-state index in [0.29, 0.717) is 5.57 Å². The Balaban J connectivity index is 1.68. The molecule has 1 saturated heterocycles. The van der Waals surface area contributed by atoms with Gasteiger partial charge in [0.05, 0.1) is 25.9 Å². The Morgan fingerprint density at radius 3 is 2.73 bits per heavy atom. The third kappa shape index (κ3) is 8.12. The highest BCUT2D eigenvalue weighted by Crippen LogP contribution is 2.32. The zero-order chi connectivity index (χ0) is 26.8. The normalized spacial score (nSPS) is 16.0. The van der Waals surface area contributed by atoms with Gasteiger partial charge in [-0.05, 0) is 52.8 Å². The van der Waals surface area contributed by atoms with Crippen molar-refractivity contribution in [3.8, 4) is 16.5 Å². The van der Waals surface area contributed by atoms with Crippen molar-refractivity contribution < 1.29 is 19.7 Å². The summed E-state index contributed by atoms with van der Waals surface area (Å²) in [6.07, 6.45) is 0.918. The van der Waals surface area contributed by atoms with E-state index in [1.165, 1.54) is 11.3 Å². The molecule has 0 bridgehead atoms. The molecule has 8 nitrogen and oxygen atoms in total. The molecule has 0 saturated carbocycles. The lowest BCUT2D eigenvalue weighted by molar-refractivity contribution is -0.117. The lowest BCUT2D eigenvalue weighted by Gasteiger charge is -2.26. The van der Waals surface area contributed by atoms with Crippen LogP contribution >= 0.6 is 11.3 Å². The number of ether oxygens (including phenoxy) is 1. The molecule has 1 amide bonds. The standard InChI is InChI=1S/C28H34N4O4S/c1-19-14-23(5-4-22(19)15-20(2)30-8-9-32-10-12-36-13-11-32)27-7-6-26(37-27)21(3)25(16-29)28(35)31-17-24(34)18-33/h4-7,14-15,24,30,33-34H,1-2,8-13,17-18H2,3H3,(H,31,35)/b22-15-,25-21+. The highest BCUT2D eigenvalue weighted by molar-refractivity contribution is 7.16. The van der Waals surface area contributed by atoms with Crippen molar-refractivity contribution in [1.82, 2.24) is 15.5 Å². The zero-order valence-electron chi connectivity index (χ0n) is 21.1. The summed E-state index contributed by atoms with van der Waals surface area (Å²) in [5.74, 6) is -0.582. The molecule has 1 aliphatic heterocycles. The second-order valence-corrected chi connectivity index (χ2v) is 9.87. The third-order valence-electron chi connectivity index (χ3n) is 6.04. The SMILES string of the molecule is C=C(/C=c1/ccc(-c2ccc(/C(C)=C(\C#N)C(=O)NCC(O)CO)s2)cc1=C)NCCN1CCOCC1. The molecule has 0 spiro atoms. The van der Waals surface area contributed by atoms with Gasteiger partial charge >= 0.3 is 0 Å². The summed E-state index contributed by atoms with van der Waals surface area (Å²) in [4.78, 5) is 16.5. The minimum absolute atomic E-state index is 0.0269. The van der Waals surface area contributed by atoms with Gasteiger partial charge < -0.3 is 25.6 Å². The van der Waals surface area contributed by atoms with Crippen molar-refractivity contribution in [3.63, 3.8) is 0 Å². The number of benzene rings is 1. The fourth-order valence-electron chi connectivity index (χ4n) is 3.82. The monoisotopic (exact) mass is 522 g/mol. The predicted molar refractivity (Wildman–Crippen MR) is 148 cm³/mol. The molecular formula is C28H34N4O4S. The Kier molecular flexibility index (Phi) is 10.6. The molecule has 9 heteroatoms. The number of amides is 1. The number of rotatable bonds is 11. The zero-order valence-corrected chi connectivity index (χ0v) is 21.9. The average Bonchev–Trinajstić information content (AvgIpc) is 3.40. The quantitative estimate of drug-likeness (QED) is 0.255. The molecule has 3 rings (SSSR count). The molecule has 1 fully saturated rings. The Labute approximate surface area is 221 Å². The van der Waals surface area contributed by atoms with Crippen LogP contribution in [0.5, 0.6) is 0 Å². The van der Waals surface area contributed by atoms with Gasteiger partial charge in [0.1, 0.15) is 11.6 Å². The number of thiophene rings is 1. The molecule has 1 aliphatic rings. The van der Waals surface area contributed by atoms with Crippen molar-refractivity contribution in [2.24, 2.45) is 0 Å². The maximum Gasteiger partial charge on any atom is 0.262 e. The van der Waals surface area contributed by atoms with Crippen molar-refractivity contribution in [2.75, 3.05) is 52.5 Å². The van der Waals surface area contributed by atoms with Crippen LogP contribution in [-0.4, -0.2) is 79.7 Å². The molecular weight excluding hydrogens is 488 g/mol. The summed E-state index contributed by atoms with van der Waals surface area (Å²) < 4.78 is 5.38. The minimum atomic E-state index is -1.07. The van der Waals surface area contributed by atoms with E-state index in [4.69, 9.17) is 9.84 Å². The van der Waals surface area contributed by atoms with Crippen LogP contribution in [0.25, 0.3) is 28.7 Å². The number of carbonyl (C=O) groups excluding carboxylic acids is 1. The van der Waals surface area contributed by atoms with E-state index >= 15 is 0 Å². The smallest absolute Gasteiger partial charge is 0.262 e. The van der Waals surface area contributed by atoms with E-state index in [2.05, 4.69) is 28.7 Å². The summed E-state index contributed by atoms with van der Waals surface area (Å²) in [7, 11) is 0. The van der Waals surface area contributed by atoms with Gasteiger partial charge in [-0.25, -0.2) is 0 Å². The van der Waals surface area contributed by atoms with Gasteiger partial charge in [-0.2, -0.15) is 5.26 Å². The van der Waals surface area contributed by atoms with Crippen LogP contribution in [0.3, 0.4) is 0 Å². The molecule has 0 aliphatic carbocycles. The van der Waals surface area contributed by atoms with Crippen LogP contribution in [0.2, 0.25) is 0 Å². The Hall–Kier alpha value is -3.26. The summed E-state index contributed by atoms with van der Waals surface area (Å²) >= 11 is 1.48. The van der Waals surface area contributed by atoms with Gasteiger partial charge in [-0.1, -0.05) is 25.3 Å². The van der Waals surface area contributed by atoms with Crippen LogP contribution in [0.1, 0.15) is 11.8 Å². The Morgan fingerprint density at radius 1 is 1.30 bits per heavy atom. The van der Waals surface area contributed by atoms with Gasteiger partial charge in [-0.15, -0.1) is 11.3 Å². The fraction of sp³-hybridized carbons (Fsp3) is 0.357. The van der Waals surface area contributed by atoms with Crippen molar-refractivity contribution in [3.05, 3.63) is 63.5 Å². The van der Waals surface area contributed by atoms with E-state index in [0.717, 1.165) is 70.8 Å². The van der Waals surface area contributed by atoms with Gasteiger partial charge in [-0.3, -0.25) is 9.69 Å². The first-order valence-electron chi connectivity index (χ1n) is 12.1. The lowest BCUT2D eigenvalue weighted by Crippen LogP contribution is -2.40. The van der Waals surface area contributed by atoms with E-state index in [1.54, 1.807) is 6.92 Å². The molecule has 1 aromatic carbocycles. The molecule has 0 radical (unpaired) electrons. The molecule has 2 aromatic rings. The Morgan fingerprint density at radius 2 is 2.05 bits per heavy atom. The van der Waals surface area contributed by atoms with Crippen LogP contribution in [0.15, 0.2) is 48.2 Å². The number of aliphatic hydroxyl groups excluding tert-OH is 2. The number of allylic oxidation sites excluding steroid dienone is 2. The van der Waals surface area contributed by atoms with Crippen LogP contribution in [-0.2, 0) is 9.53 Å². The number of hydrogen-bond donors (Lipinski definition) is 4. The number of nitrogens with one attached hydrogen (secondary N) is 2. The largest absolute Gasteiger partial charge is 0.394 e. The lowest BCUT2D eigenvalue weighted by atomic mass is 10.1. The molecule has 1 atom stereocenters. The summed E-state index contributed by atoms with van der Waals surface area (Å²) in [6.45, 7) is 14.7. The molecule has 196 valence electrons. The third-order valence-corrected chi connectivity index (χ3v) is 7.29. The summed E-state index contributed by atoms with van der Waals surface area (Å²) in [6, 6.07) is 11.8. The van der Waals surface area contributed by atoms with Crippen molar-refractivity contribution >= 4 is 35.5 Å². The molecule has 1 aromatic heterocycles. The van der Waals surface area contributed by atoms with Crippen LogP contribution in [0.4, 0.5) is 0 Å². The summed E-state index contributed by atoms with van der Waals surface area (Å²) in [5, 5.41) is 35.6. The maximum absolute atomic E-state index is 12.4. The second kappa shape index (κ2) is 13.9. The summed E-state index contributed by atoms with van der Waals surface area (Å²) in [5.41, 5.74) is 2.35. The van der Waals surface area contributed by atoms with Crippen molar-refractivity contribution in [1.29, 1.82) is 5.26 Å². The number of morpholine rings is 1. The molecule has 37 heavy (non-hydrogen) atoms. The maximum atomic E-state index is 12.4. The van der Waals surface area contributed by atoms with Gasteiger partial charge in [0.25, 0.3) is 5.91 Å². The number of hydrogen-bond acceptors (Lipinski definition) is 8. The molecule has 2 heterocycles. The Bertz CT molecular complexity index is 1290. The topological polar surface area (TPSA) is 118 Å². The van der Waals surface area contributed by atoms with Gasteiger partial charge in [0, 0.05) is 48.2 Å². The van der Waals surface area contributed by atoms with Gasteiger partial charge in [0.2, 0.25) is 0 Å². The van der Waals surface area contributed by atoms with Gasteiger partial charge in [0.15, 0.2) is 0 Å². The van der Waals surface area contributed by atoms with Crippen LogP contribution < -0.4 is 21.1 Å². The van der Waals surface area contributed by atoms with E-state index < -0.39 is 18.6 Å². The molecule has 1 unspecified atom stereocenters.